The predicted octanol–water partition coefficient (Wildman–Crippen LogP) is 1.87. The fraction of sp³-hybridized carbons (Fsp3) is 1.00. The highest BCUT2D eigenvalue weighted by Gasteiger charge is 2.00. The summed E-state index contributed by atoms with van der Waals surface area (Å²) in [6, 6.07) is 0. The first-order valence-corrected chi connectivity index (χ1v) is 5.52. The van der Waals surface area contributed by atoms with Crippen LogP contribution in [0.1, 0.15) is 33.6 Å². The molecule has 2 nitrogen and oxygen atoms in total. The van der Waals surface area contributed by atoms with Crippen LogP contribution in [0, 0.1) is 11.8 Å². The first kappa shape index (κ1) is 12.9. The summed E-state index contributed by atoms with van der Waals surface area (Å²) in [6.45, 7) is 10.3. The molecule has 0 fully saturated rings. The lowest BCUT2D eigenvalue weighted by Crippen LogP contribution is -2.25. The van der Waals surface area contributed by atoms with Gasteiger partial charge in [-0.15, -0.1) is 0 Å². The van der Waals surface area contributed by atoms with Crippen molar-refractivity contribution in [2.24, 2.45) is 11.8 Å². The molecule has 0 aliphatic rings. The summed E-state index contributed by atoms with van der Waals surface area (Å²) in [4.78, 5) is 0. The second-order valence-corrected chi connectivity index (χ2v) is 4.38. The van der Waals surface area contributed by atoms with Crippen molar-refractivity contribution in [3.63, 3.8) is 0 Å². The SMILES string of the molecule is CNCCC(C)CNCCC(C)C. The Bertz CT molecular complexity index is 102. The predicted molar refractivity (Wildman–Crippen MR) is 60.0 cm³/mol. The van der Waals surface area contributed by atoms with Crippen LogP contribution in [0.15, 0.2) is 0 Å². The Morgan fingerprint density at radius 1 is 1.00 bits per heavy atom. The van der Waals surface area contributed by atoms with Gasteiger partial charge in [-0.3, -0.25) is 0 Å². The molecule has 0 aliphatic heterocycles. The van der Waals surface area contributed by atoms with E-state index in [9.17, 15) is 0 Å². The fourth-order valence-electron chi connectivity index (χ4n) is 1.23. The second-order valence-electron chi connectivity index (χ2n) is 4.38. The highest BCUT2D eigenvalue weighted by Crippen LogP contribution is 2.00. The molecule has 0 aromatic carbocycles. The standard InChI is InChI=1S/C11H26N2/c1-10(2)5-8-13-9-11(3)6-7-12-4/h10-13H,5-9H2,1-4H3. The first-order valence-electron chi connectivity index (χ1n) is 5.52. The van der Waals surface area contributed by atoms with Crippen molar-refractivity contribution in [3.8, 4) is 0 Å². The van der Waals surface area contributed by atoms with E-state index in [-0.39, 0.29) is 0 Å². The van der Waals surface area contributed by atoms with Crippen molar-refractivity contribution >= 4 is 0 Å². The van der Waals surface area contributed by atoms with Gasteiger partial charge in [0, 0.05) is 0 Å². The van der Waals surface area contributed by atoms with Crippen molar-refractivity contribution in [1.29, 1.82) is 0 Å². The van der Waals surface area contributed by atoms with Crippen LogP contribution in [-0.4, -0.2) is 26.7 Å². The molecule has 1 atom stereocenters. The summed E-state index contributed by atoms with van der Waals surface area (Å²) in [6.07, 6.45) is 2.56. The van der Waals surface area contributed by atoms with Crippen molar-refractivity contribution in [3.05, 3.63) is 0 Å². The summed E-state index contributed by atoms with van der Waals surface area (Å²) in [5.74, 6) is 1.61. The van der Waals surface area contributed by atoms with E-state index < -0.39 is 0 Å². The van der Waals surface area contributed by atoms with E-state index in [1.165, 1.54) is 19.4 Å². The van der Waals surface area contributed by atoms with Crippen molar-refractivity contribution in [1.82, 2.24) is 10.6 Å². The van der Waals surface area contributed by atoms with E-state index in [2.05, 4.69) is 31.4 Å². The summed E-state index contributed by atoms with van der Waals surface area (Å²) in [5, 5.41) is 6.68. The van der Waals surface area contributed by atoms with E-state index >= 15 is 0 Å². The van der Waals surface area contributed by atoms with Crippen molar-refractivity contribution in [2.75, 3.05) is 26.7 Å². The third kappa shape index (κ3) is 9.84. The van der Waals surface area contributed by atoms with Gasteiger partial charge in [-0.1, -0.05) is 20.8 Å². The van der Waals surface area contributed by atoms with Crippen LogP contribution < -0.4 is 10.6 Å². The van der Waals surface area contributed by atoms with E-state index in [1.54, 1.807) is 0 Å². The highest BCUT2D eigenvalue weighted by atomic mass is 14.9. The third-order valence-electron chi connectivity index (χ3n) is 2.28. The minimum atomic E-state index is 0.791. The zero-order valence-corrected chi connectivity index (χ0v) is 9.69. The van der Waals surface area contributed by atoms with Gasteiger partial charge < -0.3 is 10.6 Å². The molecular formula is C11H26N2. The molecule has 0 rings (SSSR count). The molecular weight excluding hydrogens is 160 g/mol. The van der Waals surface area contributed by atoms with Crippen LogP contribution in [0.2, 0.25) is 0 Å². The summed E-state index contributed by atoms with van der Waals surface area (Å²) in [7, 11) is 2.01. The van der Waals surface area contributed by atoms with Gasteiger partial charge in [0.25, 0.3) is 0 Å². The van der Waals surface area contributed by atoms with Gasteiger partial charge in [0.05, 0.1) is 0 Å². The van der Waals surface area contributed by atoms with E-state index in [4.69, 9.17) is 0 Å². The molecule has 0 bridgehead atoms. The molecule has 0 heterocycles. The molecule has 0 saturated heterocycles. The molecule has 1 unspecified atom stereocenters. The summed E-state index contributed by atoms with van der Waals surface area (Å²) < 4.78 is 0. The Hall–Kier alpha value is -0.0800. The van der Waals surface area contributed by atoms with E-state index in [0.717, 1.165) is 24.9 Å². The zero-order chi connectivity index (χ0) is 10.1. The quantitative estimate of drug-likeness (QED) is 0.566. The topological polar surface area (TPSA) is 24.1 Å². The van der Waals surface area contributed by atoms with Crippen LogP contribution in [0.3, 0.4) is 0 Å². The molecule has 80 valence electrons. The Morgan fingerprint density at radius 2 is 1.69 bits per heavy atom. The molecule has 13 heavy (non-hydrogen) atoms. The Morgan fingerprint density at radius 3 is 2.23 bits per heavy atom. The molecule has 2 N–H and O–H groups in total. The van der Waals surface area contributed by atoms with Gasteiger partial charge in [0.2, 0.25) is 0 Å². The first-order chi connectivity index (χ1) is 6.16. The number of hydrogen-bond acceptors (Lipinski definition) is 2. The largest absolute Gasteiger partial charge is 0.320 e. The fourth-order valence-corrected chi connectivity index (χ4v) is 1.23. The minimum Gasteiger partial charge on any atom is -0.320 e. The lowest BCUT2D eigenvalue weighted by atomic mass is 10.1. The third-order valence-corrected chi connectivity index (χ3v) is 2.28. The van der Waals surface area contributed by atoms with Crippen LogP contribution >= 0.6 is 0 Å². The van der Waals surface area contributed by atoms with Crippen LogP contribution in [0.4, 0.5) is 0 Å². The Balaban J connectivity index is 3.12. The summed E-state index contributed by atoms with van der Waals surface area (Å²) in [5.41, 5.74) is 0. The lowest BCUT2D eigenvalue weighted by molar-refractivity contribution is 0.452. The number of hydrogen-bond donors (Lipinski definition) is 2. The Labute approximate surface area is 83.5 Å². The highest BCUT2D eigenvalue weighted by molar-refractivity contribution is 4.59. The molecule has 0 radical (unpaired) electrons. The van der Waals surface area contributed by atoms with Gasteiger partial charge in [-0.2, -0.15) is 0 Å². The minimum absolute atomic E-state index is 0.791. The smallest absolute Gasteiger partial charge is 0.00227 e. The second kappa shape index (κ2) is 8.52. The average molecular weight is 186 g/mol. The average Bonchev–Trinajstić information content (AvgIpc) is 2.08. The van der Waals surface area contributed by atoms with Crippen LogP contribution in [-0.2, 0) is 0 Å². The zero-order valence-electron chi connectivity index (χ0n) is 9.69. The van der Waals surface area contributed by atoms with Gasteiger partial charge in [-0.05, 0) is 51.4 Å². The number of rotatable bonds is 8. The van der Waals surface area contributed by atoms with Crippen LogP contribution in [0.25, 0.3) is 0 Å². The van der Waals surface area contributed by atoms with E-state index in [0.29, 0.717) is 0 Å². The molecule has 0 amide bonds. The van der Waals surface area contributed by atoms with E-state index in [1.807, 2.05) is 7.05 Å². The Kier molecular flexibility index (Phi) is 8.46. The molecule has 2 heteroatoms. The number of nitrogens with one attached hydrogen (secondary N) is 2. The van der Waals surface area contributed by atoms with Gasteiger partial charge >= 0.3 is 0 Å². The maximum atomic E-state index is 3.50. The molecule has 0 aromatic heterocycles. The van der Waals surface area contributed by atoms with Crippen molar-refractivity contribution in [2.45, 2.75) is 33.6 Å². The molecule has 0 aromatic rings. The summed E-state index contributed by atoms with van der Waals surface area (Å²) >= 11 is 0. The molecule has 0 spiro atoms. The van der Waals surface area contributed by atoms with Crippen molar-refractivity contribution < 1.29 is 0 Å². The van der Waals surface area contributed by atoms with Gasteiger partial charge in [0.15, 0.2) is 0 Å². The molecule has 0 aliphatic carbocycles. The van der Waals surface area contributed by atoms with Gasteiger partial charge in [-0.25, -0.2) is 0 Å². The van der Waals surface area contributed by atoms with Gasteiger partial charge in [0.1, 0.15) is 0 Å². The lowest BCUT2D eigenvalue weighted by Gasteiger charge is -2.12. The maximum absolute atomic E-state index is 3.50. The molecule has 0 saturated carbocycles. The maximum Gasteiger partial charge on any atom is -0.00227 e. The van der Waals surface area contributed by atoms with Crippen LogP contribution in [0.5, 0.6) is 0 Å². The monoisotopic (exact) mass is 186 g/mol. The normalized spacial score (nSPS) is 13.6.